The minimum Gasteiger partial charge on any atom is -0.340 e. The molecule has 7 heteroatoms. The van der Waals surface area contributed by atoms with E-state index in [1.807, 2.05) is 32.0 Å². The van der Waals surface area contributed by atoms with Crippen LogP contribution in [0.25, 0.3) is 0 Å². The predicted octanol–water partition coefficient (Wildman–Crippen LogP) is 2.39. The van der Waals surface area contributed by atoms with Gasteiger partial charge in [-0.3, -0.25) is 10.1 Å². The molecule has 0 saturated heterocycles. The number of anilines is 3. The van der Waals surface area contributed by atoms with E-state index in [0.29, 0.717) is 5.82 Å². The lowest BCUT2D eigenvalue weighted by molar-refractivity contribution is -0.114. The highest BCUT2D eigenvalue weighted by atomic mass is 35.5. The predicted molar refractivity (Wildman–Crippen MR) is 83.9 cm³/mol. The SMILES string of the molecule is Cc1cccc(Nc2cc(Cl)nc(NC(=O)CN)n2)c1C. The van der Waals surface area contributed by atoms with Crippen LogP contribution in [0.15, 0.2) is 24.3 Å². The Bertz CT molecular complexity index is 674. The highest BCUT2D eigenvalue weighted by Crippen LogP contribution is 2.23. The number of carbonyl (C=O) groups is 1. The normalized spacial score (nSPS) is 10.3. The molecule has 0 atom stereocenters. The standard InChI is InChI=1S/C14H16ClN5O/c1-8-4-3-5-10(9(8)2)17-12-6-11(15)18-14(19-12)20-13(21)7-16/h3-6H,7,16H2,1-2H3,(H2,17,18,19,20,21). The number of hydrogen-bond donors (Lipinski definition) is 3. The monoisotopic (exact) mass is 305 g/mol. The summed E-state index contributed by atoms with van der Waals surface area (Å²) in [6.45, 7) is 3.90. The Balaban J connectivity index is 2.27. The van der Waals surface area contributed by atoms with Gasteiger partial charge in [0.15, 0.2) is 0 Å². The Hall–Kier alpha value is -2.18. The molecule has 21 heavy (non-hydrogen) atoms. The van der Waals surface area contributed by atoms with E-state index in [-0.39, 0.29) is 23.6 Å². The maximum Gasteiger partial charge on any atom is 0.240 e. The maximum absolute atomic E-state index is 11.3. The van der Waals surface area contributed by atoms with Gasteiger partial charge in [0.1, 0.15) is 11.0 Å². The summed E-state index contributed by atoms with van der Waals surface area (Å²) in [6, 6.07) is 7.50. The van der Waals surface area contributed by atoms with Crippen LogP contribution < -0.4 is 16.4 Å². The number of nitrogens with two attached hydrogens (primary N) is 1. The van der Waals surface area contributed by atoms with Gasteiger partial charge in [0.2, 0.25) is 11.9 Å². The first-order chi connectivity index (χ1) is 9.99. The Morgan fingerprint density at radius 1 is 1.33 bits per heavy atom. The van der Waals surface area contributed by atoms with E-state index in [1.165, 1.54) is 0 Å². The zero-order valence-electron chi connectivity index (χ0n) is 11.8. The fraction of sp³-hybridized carbons (Fsp3) is 0.214. The van der Waals surface area contributed by atoms with E-state index >= 15 is 0 Å². The third-order valence-electron chi connectivity index (χ3n) is 3.00. The van der Waals surface area contributed by atoms with Gasteiger partial charge < -0.3 is 11.1 Å². The second-order valence-electron chi connectivity index (χ2n) is 4.52. The van der Waals surface area contributed by atoms with E-state index < -0.39 is 0 Å². The molecule has 1 aromatic heterocycles. The van der Waals surface area contributed by atoms with E-state index in [4.69, 9.17) is 17.3 Å². The summed E-state index contributed by atoms with van der Waals surface area (Å²) in [6.07, 6.45) is 0. The number of hydrogen-bond acceptors (Lipinski definition) is 5. The number of carbonyl (C=O) groups excluding carboxylic acids is 1. The molecule has 0 aliphatic carbocycles. The van der Waals surface area contributed by atoms with E-state index in [2.05, 4.69) is 20.6 Å². The van der Waals surface area contributed by atoms with Gasteiger partial charge in [-0.1, -0.05) is 23.7 Å². The quantitative estimate of drug-likeness (QED) is 0.754. The summed E-state index contributed by atoms with van der Waals surface area (Å²) in [4.78, 5) is 19.4. The molecule has 0 radical (unpaired) electrons. The van der Waals surface area contributed by atoms with Crippen molar-refractivity contribution in [2.24, 2.45) is 5.73 Å². The van der Waals surface area contributed by atoms with Crippen LogP contribution >= 0.6 is 11.6 Å². The van der Waals surface area contributed by atoms with Gasteiger partial charge in [-0.2, -0.15) is 4.98 Å². The topological polar surface area (TPSA) is 92.9 Å². The van der Waals surface area contributed by atoms with Gasteiger partial charge in [-0.15, -0.1) is 0 Å². The van der Waals surface area contributed by atoms with Crippen molar-refractivity contribution in [1.82, 2.24) is 9.97 Å². The molecule has 1 heterocycles. The third kappa shape index (κ3) is 3.90. The fourth-order valence-corrected chi connectivity index (χ4v) is 1.92. The van der Waals surface area contributed by atoms with Gasteiger partial charge in [-0.25, -0.2) is 4.98 Å². The van der Waals surface area contributed by atoms with Crippen molar-refractivity contribution in [3.05, 3.63) is 40.5 Å². The number of amides is 1. The maximum atomic E-state index is 11.3. The molecule has 4 N–H and O–H groups in total. The van der Waals surface area contributed by atoms with Gasteiger partial charge >= 0.3 is 0 Å². The van der Waals surface area contributed by atoms with Crippen LogP contribution in [0.4, 0.5) is 17.5 Å². The van der Waals surface area contributed by atoms with Crippen LogP contribution in [0.2, 0.25) is 5.15 Å². The minimum atomic E-state index is -0.380. The van der Waals surface area contributed by atoms with Crippen LogP contribution in [0.3, 0.4) is 0 Å². The van der Waals surface area contributed by atoms with Gasteiger partial charge in [0, 0.05) is 11.8 Å². The first-order valence-electron chi connectivity index (χ1n) is 6.37. The molecule has 110 valence electrons. The van der Waals surface area contributed by atoms with E-state index in [1.54, 1.807) is 6.07 Å². The fourth-order valence-electron chi connectivity index (χ4n) is 1.74. The summed E-state index contributed by atoms with van der Waals surface area (Å²) in [5, 5.41) is 5.87. The molecule has 0 aliphatic heterocycles. The molecule has 0 spiro atoms. The van der Waals surface area contributed by atoms with Crippen LogP contribution in [0, 0.1) is 13.8 Å². The molecule has 0 unspecified atom stereocenters. The van der Waals surface area contributed by atoms with Crippen LogP contribution in [-0.4, -0.2) is 22.4 Å². The number of halogens is 1. The van der Waals surface area contributed by atoms with Crippen LogP contribution in [0.1, 0.15) is 11.1 Å². The van der Waals surface area contributed by atoms with Crippen molar-refractivity contribution in [1.29, 1.82) is 0 Å². The van der Waals surface area contributed by atoms with Crippen molar-refractivity contribution in [3.63, 3.8) is 0 Å². The summed E-state index contributed by atoms with van der Waals surface area (Å²) < 4.78 is 0. The zero-order chi connectivity index (χ0) is 15.4. The first kappa shape index (κ1) is 15.2. The molecule has 2 rings (SSSR count). The van der Waals surface area contributed by atoms with Gasteiger partial charge in [0.05, 0.1) is 6.54 Å². The number of aryl methyl sites for hydroxylation is 1. The van der Waals surface area contributed by atoms with Crippen LogP contribution in [0.5, 0.6) is 0 Å². The van der Waals surface area contributed by atoms with Crippen molar-refractivity contribution in [3.8, 4) is 0 Å². The zero-order valence-corrected chi connectivity index (χ0v) is 12.5. The molecule has 6 nitrogen and oxygen atoms in total. The van der Waals surface area contributed by atoms with Crippen molar-refractivity contribution < 1.29 is 4.79 Å². The first-order valence-corrected chi connectivity index (χ1v) is 6.75. The van der Waals surface area contributed by atoms with Gasteiger partial charge in [0.25, 0.3) is 0 Å². The molecule has 0 saturated carbocycles. The van der Waals surface area contributed by atoms with Gasteiger partial charge in [-0.05, 0) is 31.0 Å². The van der Waals surface area contributed by atoms with Crippen molar-refractivity contribution in [2.75, 3.05) is 17.2 Å². The summed E-state index contributed by atoms with van der Waals surface area (Å²) in [7, 11) is 0. The van der Waals surface area contributed by atoms with Crippen molar-refractivity contribution >= 4 is 35.0 Å². The lowest BCUT2D eigenvalue weighted by Gasteiger charge is -2.12. The van der Waals surface area contributed by atoms with E-state index in [9.17, 15) is 4.79 Å². The number of nitrogens with zero attached hydrogens (tertiary/aromatic N) is 2. The Labute approximate surface area is 127 Å². The Morgan fingerprint density at radius 3 is 2.81 bits per heavy atom. The molecular weight excluding hydrogens is 290 g/mol. The molecule has 2 aromatic rings. The Kier molecular flexibility index (Phi) is 4.72. The number of aromatic nitrogens is 2. The molecule has 0 aliphatic rings. The smallest absolute Gasteiger partial charge is 0.240 e. The largest absolute Gasteiger partial charge is 0.340 e. The van der Waals surface area contributed by atoms with Crippen molar-refractivity contribution in [2.45, 2.75) is 13.8 Å². The number of rotatable bonds is 4. The molecule has 1 amide bonds. The van der Waals surface area contributed by atoms with E-state index in [0.717, 1.165) is 16.8 Å². The summed E-state index contributed by atoms with van der Waals surface area (Å²) in [5.74, 6) is 0.233. The average molecular weight is 306 g/mol. The Morgan fingerprint density at radius 2 is 2.10 bits per heavy atom. The number of benzene rings is 1. The lowest BCUT2D eigenvalue weighted by Crippen LogP contribution is -2.23. The second-order valence-corrected chi connectivity index (χ2v) is 4.91. The second kappa shape index (κ2) is 6.51. The average Bonchev–Trinajstić information content (AvgIpc) is 2.43. The molecule has 0 fully saturated rings. The number of nitrogens with one attached hydrogen (secondary N) is 2. The molecular formula is C14H16ClN5O. The molecule has 0 bridgehead atoms. The van der Waals surface area contributed by atoms with Crippen LogP contribution in [-0.2, 0) is 4.79 Å². The third-order valence-corrected chi connectivity index (χ3v) is 3.19. The highest BCUT2D eigenvalue weighted by Gasteiger charge is 2.08. The summed E-state index contributed by atoms with van der Waals surface area (Å²) in [5.41, 5.74) is 8.43. The summed E-state index contributed by atoms with van der Waals surface area (Å²) >= 11 is 5.94. The highest BCUT2D eigenvalue weighted by molar-refractivity contribution is 6.29. The minimum absolute atomic E-state index is 0.116. The lowest BCUT2D eigenvalue weighted by atomic mass is 10.1. The molecule has 1 aromatic carbocycles.